The minimum absolute atomic E-state index is 0. The summed E-state index contributed by atoms with van der Waals surface area (Å²) in [4.78, 5) is 4.08. The maximum Gasteiger partial charge on any atom is 0.161 e. The molecule has 1 aromatic heterocycles. The number of rotatable bonds is 10. The van der Waals surface area contributed by atoms with Crippen molar-refractivity contribution in [1.29, 1.82) is 0 Å². The fraction of sp³-hybridized carbons (Fsp3) is 0.318. The Kier molecular flexibility index (Phi) is 8.85. The number of halogens is 1. The molecule has 0 spiro atoms. The molecule has 0 atom stereocenters. The van der Waals surface area contributed by atoms with E-state index in [0.717, 1.165) is 49.7 Å². The summed E-state index contributed by atoms with van der Waals surface area (Å²) in [5.74, 6) is 1.60. The maximum atomic E-state index is 5.79. The van der Waals surface area contributed by atoms with Gasteiger partial charge < -0.3 is 19.4 Å². The average Bonchev–Trinajstić information content (AvgIpc) is 3.24. The lowest BCUT2D eigenvalue weighted by Crippen LogP contribution is -2.13. The van der Waals surface area contributed by atoms with Gasteiger partial charge in [0.1, 0.15) is 0 Å². The fourth-order valence-corrected chi connectivity index (χ4v) is 2.82. The molecule has 0 aliphatic carbocycles. The first-order valence-electron chi connectivity index (χ1n) is 9.38. The van der Waals surface area contributed by atoms with Crippen molar-refractivity contribution in [2.24, 2.45) is 0 Å². The summed E-state index contributed by atoms with van der Waals surface area (Å²) >= 11 is 0. The number of unbranched alkanes of at least 4 members (excludes halogenated alkanes) is 1. The minimum Gasteiger partial charge on any atom is -0.493 e. The molecule has 5 nitrogen and oxygen atoms in total. The van der Waals surface area contributed by atoms with Gasteiger partial charge in [0.05, 0.1) is 20.0 Å². The van der Waals surface area contributed by atoms with Gasteiger partial charge in [-0.3, -0.25) is 0 Å². The van der Waals surface area contributed by atoms with Gasteiger partial charge in [-0.05, 0) is 41.8 Å². The first kappa shape index (κ1) is 21.8. The first-order valence-corrected chi connectivity index (χ1v) is 9.38. The van der Waals surface area contributed by atoms with E-state index >= 15 is 0 Å². The summed E-state index contributed by atoms with van der Waals surface area (Å²) in [6.07, 6.45) is 7.69. The Labute approximate surface area is 173 Å². The summed E-state index contributed by atoms with van der Waals surface area (Å²) in [5.41, 5.74) is 3.52. The van der Waals surface area contributed by atoms with E-state index in [1.165, 1.54) is 11.1 Å². The molecule has 0 radical (unpaired) electrons. The van der Waals surface area contributed by atoms with Crippen molar-refractivity contribution >= 4 is 12.4 Å². The van der Waals surface area contributed by atoms with Gasteiger partial charge in [-0.25, -0.2) is 4.98 Å². The van der Waals surface area contributed by atoms with Crippen LogP contribution in [0.25, 0.3) is 5.69 Å². The first-order chi connectivity index (χ1) is 13.3. The molecule has 0 unspecified atom stereocenters. The van der Waals surface area contributed by atoms with Crippen LogP contribution in [0.15, 0.2) is 61.2 Å². The van der Waals surface area contributed by atoms with Crippen molar-refractivity contribution in [2.75, 3.05) is 13.7 Å². The summed E-state index contributed by atoms with van der Waals surface area (Å²) < 4.78 is 13.3. The smallest absolute Gasteiger partial charge is 0.161 e. The van der Waals surface area contributed by atoms with E-state index < -0.39 is 0 Å². The van der Waals surface area contributed by atoms with Gasteiger partial charge in [-0.15, -0.1) is 12.4 Å². The summed E-state index contributed by atoms with van der Waals surface area (Å²) in [5, 5.41) is 3.48. The number of benzene rings is 2. The zero-order valence-corrected chi connectivity index (χ0v) is 17.2. The van der Waals surface area contributed by atoms with Crippen LogP contribution in [0.4, 0.5) is 0 Å². The standard InChI is InChI=1S/C22H27N3O2.ClH/c1-3-4-13-27-21-10-7-19(14-22(21)26-2)16-24-15-18-5-8-20(9-6-18)25-12-11-23-17-25;/h5-12,14,17,24H,3-4,13,15-16H2,1-2H3;1H. The Morgan fingerprint density at radius 3 is 2.43 bits per heavy atom. The molecule has 3 rings (SSSR count). The predicted molar refractivity (Wildman–Crippen MR) is 115 cm³/mol. The van der Waals surface area contributed by atoms with E-state index in [1.54, 1.807) is 19.6 Å². The van der Waals surface area contributed by atoms with Crippen LogP contribution < -0.4 is 14.8 Å². The number of methoxy groups -OCH3 is 1. The van der Waals surface area contributed by atoms with E-state index in [2.05, 4.69) is 47.6 Å². The van der Waals surface area contributed by atoms with Crippen LogP contribution in [0.3, 0.4) is 0 Å². The molecule has 2 aromatic carbocycles. The molecule has 0 amide bonds. The quantitative estimate of drug-likeness (QED) is 0.497. The second kappa shape index (κ2) is 11.4. The van der Waals surface area contributed by atoms with Crippen LogP contribution in [-0.2, 0) is 13.1 Å². The van der Waals surface area contributed by atoms with E-state index in [1.807, 2.05) is 22.9 Å². The molecule has 0 bridgehead atoms. The second-order valence-corrected chi connectivity index (χ2v) is 6.43. The number of nitrogens with zero attached hydrogens (tertiary/aromatic N) is 2. The summed E-state index contributed by atoms with van der Waals surface area (Å²) in [6, 6.07) is 14.6. The Bertz CT molecular complexity index is 820. The molecular weight excluding hydrogens is 374 g/mol. The van der Waals surface area contributed by atoms with Crippen LogP contribution in [0, 0.1) is 0 Å². The molecule has 28 heavy (non-hydrogen) atoms. The Morgan fingerprint density at radius 1 is 1.00 bits per heavy atom. The highest BCUT2D eigenvalue weighted by Gasteiger charge is 2.06. The Morgan fingerprint density at radius 2 is 1.75 bits per heavy atom. The molecule has 0 saturated heterocycles. The largest absolute Gasteiger partial charge is 0.493 e. The van der Waals surface area contributed by atoms with E-state index in [0.29, 0.717) is 0 Å². The van der Waals surface area contributed by atoms with Crippen molar-refractivity contribution < 1.29 is 9.47 Å². The Hall–Kier alpha value is -2.50. The third kappa shape index (κ3) is 6.01. The van der Waals surface area contributed by atoms with Crippen LogP contribution in [-0.4, -0.2) is 23.3 Å². The van der Waals surface area contributed by atoms with Crippen molar-refractivity contribution in [3.63, 3.8) is 0 Å². The molecule has 150 valence electrons. The van der Waals surface area contributed by atoms with Crippen molar-refractivity contribution in [1.82, 2.24) is 14.9 Å². The van der Waals surface area contributed by atoms with Crippen LogP contribution >= 0.6 is 12.4 Å². The van der Waals surface area contributed by atoms with Crippen LogP contribution in [0.2, 0.25) is 0 Å². The lowest BCUT2D eigenvalue weighted by Gasteiger charge is -2.12. The molecule has 1 heterocycles. The van der Waals surface area contributed by atoms with Gasteiger partial charge in [-0.2, -0.15) is 0 Å². The van der Waals surface area contributed by atoms with Crippen molar-refractivity contribution in [3.8, 4) is 17.2 Å². The van der Waals surface area contributed by atoms with E-state index in [4.69, 9.17) is 9.47 Å². The third-order valence-corrected chi connectivity index (χ3v) is 4.38. The number of hydrogen-bond acceptors (Lipinski definition) is 4. The molecule has 0 fully saturated rings. The number of aromatic nitrogens is 2. The molecule has 6 heteroatoms. The molecule has 0 aliphatic rings. The van der Waals surface area contributed by atoms with Gasteiger partial charge in [0.15, 0.2) is 11.5 Å². The van der Waals surface area contributed by atoms with E-state index in [9.17, 15) is 0 Å². The normalized spacial score (nSPS) is 10.4. The van der Waals surface area contributed by atoms with Gasteiger partial charge in [0, 0.05) is 31.2 Å². The van der Waals surface area contributed by atoms with Crippen LogP contribution in [0.5, 0.6) is 11.5 Å². The molecule has 0 saturated carbocycles. The van der Waals surface area contributed by atoms with Crippen molar-refractivity contribution in [3.05, 3.63) is 72.3 Å². The number of nitrogens with one attached hydrogen (secondary N) is 1. The zero-order valence-electron chi connectivity index (χ0n) is 16.4. The Balaban J connectivity index is 0.00000280. The number of hydrogen-bond donors (Lipinski definition) is 1. The van der Waals surface area contributed by atoms with Crippen LogP contribution in [0.1, 0.15) is 30.9 Å². The molecule has 0 aliphatic heterocycles. The topological polar surface area (TPSA) is 48.3 Å². The zero-order chi connectivity index (χ0) is 18.9. The second-order valence-electron chi connectivity index (χ2n) is 6.43. The monoisotopic (exact) mass is 401 g/mol. The van der Waals surface area contributed by atoms with Gasteiger partial charge in [0.25, 0.3) is 0 Å². The summed E-state index contributed by atoms with van der Waals surface area (Å²) in [6.45, 7) is 4.45. The van der Waals surface area contributed by atoms with Gasteiger partial charge in [-0.1, -0.05) is 31.5 Å². The number of ether oxygens (including phenoxy) is 2. The molecule has 1 N–H and O–H groups in total. The predicted octanol–water partition coefficient (Wildman–Crippen LogP) is 4.77. The molecule has 3 aromatic rings. The highest BCUT2D eigenvalue weighted by molar-refractivity contribution is 5.85. The highest BCUT2D eigenvalue weighted by Crippen LogP contribution is 2.28. The average molecular weight is 402 g/mol. The lowest BCUT2D eigenvalue weighted by atomic mass is 10.1. The SMILES string of the molecule is CCCCOc1ccc(CNCc2ccc(-n3ccnc3)cc2)cc1OC.Cl. The summed E-state index contributed by atoms with van der Waals surface area (Å²) in [7, 11) is 1.68. The van der Waals surface area contributed by atoms with Gasteiger partial charge in [0.2, 0.25) is 0 Å². The van der Waals surface area contributed by atoms with Crippen molar-refractivity contribution in [2.45, 2.75) is 32.9 Å². The molecular formula is C22H28ClN3O2. The fourth-order valence-electron chi connectivity index (χ4n) is 2.82. The maximum absolute atomic E-state index is 5.79. The lowest BCUT2D eigenvalue weighted by molar-refractivity contribution is 0.288. The van der Waals surface area contributed by atoms with E-state index in [-0.39, 0.29) is 12.4 Å². The van der Waals surface area contributed by atoms with Gasteiger partial charge >= 0.3 is 0 Å². The highest BCUT2D eigenvalue weighted by atomic mass is 35.5. The number of imidazole rings is 1. The third-order valence-electron chi connectivity index (χ3n) is 4.38. The minimum atomic E-state index is 0.